The maximum atomic E-state index is 12.5. The largest absolute Gasteiger partial charge is 0.484 e. The molecule has 4 heteroatoms. The first kappa shape index (κ1) is 16.5. The van der Waals surface area contributed by atoms with Gasteiger partial charge in [-0.1, -0.05) is 48.0 Å². The number of carbonyl (C=O) groups is 1. The Morgan fingerprint density at radius 1 is 1.12 bits per heavy atom. The molecule has 1 heterocycles. The second-order valence-electron chi connectivity index (χ2n) is 6.25. The first-order valence-electron chi connectivity index (χ1n) is 8.29. The number of hydrogen-bond donors (Lipinski definition) is 0. The monoisotopic (exact) mass is 325 g/mol. The highest BCUT2D eigenvalue weighted by Gasteiger charge is 2.29. The molecule has 24 heavy (non-hydrogen) atoms. The Hall–Kier alpha value is -2.33. The van der Waals surface area contributed by atoms with Crippen LogP contribution in [0.3, 0.4) is 0 Å². The Morgan fingerprint density at radius 2 is 1.83 bits per heavy atom. The lowest BCUT2D eigenvalue weighted by molar-refractivity contribution is -0.146. The van der Waals surface area contributed by atoms with Crippen LogP contribution in [0.15, 0.2) is 54.6 Å². The summed E-state index contributed by atoms with van der Waals surface area (Å²) in [6, 6.07) is 17.8. The topological polar surface area (TPSA) is 38.8 Å². The highest BCUT2D eigenvalue weighted by atomic mass is 16.5. The number of rotatable bonds is 4. The van der Waals surface area contributed by atoms with E-state index in [0.29, 0.717) is 13.1 Å². The number of carbonyl (C=O) groups excluding carboxylic acids is 1. The van der Waals surface area contributed by atoms with Crippen LogP contribution >= 0.6 is 0 Å². The molecule has 0 N–H and O–H groups in total. The van der Waals surface area contributed by atoms with Gasteiger partial charge < -0.3 is 14.4 Å². The van der Waals surface area contributed by atoms with E-state index in [1.165, 1.54) is 5.56 Å². The minimum Gasteiger partial charge on any atom is -0.484 e. The Labute approximate surface area is 143 Å². The standard InChI is InChI=1S/C20H23NO3/c1-15-8-10-18(11-9-15)23-14-20(22)21-12-16(2)24-19(13-21)17-6-4-3-5-7-17/h3-11,16,19H,12-14H2,1-2H3. The van der Waals surface area contributed by atoms with Crippen molar-refractivity contribution in [3.8, 4) is 5.75 Å². The molecule has 4 nitrogen and oxygen atoms in total. The van der Waals surface area contributed by atoms with E-state index in [1.807, 2.05) is 73.3 Å². The molecule has 2 aromatic carbocycles. The second kappa shape index (κ2) is 7.49. The fourth-order valence-electron chi connectivity index (χ4n) is 2.88. The molecular weight excluding hydrogens is 302 g/mol. The van der Waals surface area contributed by atoms with Gasteiger partial charge in [0, 0.05) is 6.54 Å². The molecule has 1 aliphatic heterocycles. The van der Waals surface area contributed by atoms with E-state index in [9.17, 15) is 4.79 Å². The predicted octanol–water partition coefficient (Wildman–Crippen LogP) is 3.36. The number of aryl methyl sites for hydroxylation is 1. The minimum absolute atomic E-state index is 0.00674. The molecule has 1 amide bonds. The van der Waals surface area contributed by atoms with E-state index >= 15 is 0 Å². The van der Waals surface area contributed by atoms with Gasteiger partial charge in [0.2, 0.25) is 0 Å². The second-order valence-corrected chi connectivity index (χ2v) is 6.25. The Bertz CT molecular complexity index is 669. The summed E-state index contributed by atoms with van der Waals surface area (Å²) in [6.07, 6.45) is -0.0782. The fourth-order valence-corrected chi connectivity index (χ4v) is 2.88. The van der Waals surface area contributed by atoms with Gasteiger partial charge in [0.25, 0.3) is 5.91 Å². The Balaban J connectivity index is 1.60. The lowest BCUT2D eigenvalue weighted by Crippen LogP contribution is -2.47. The van der Waals surface area contributed by atoms with Crippen molar-refractivity contribution in [2.45, 2.75) is 26.1 Å². The molecule has 2 aromatic rings. The maximum absolute atomic E-state index is 12.5. The van der Waals surface area contributed by atoms with Gasteiger partial charge in [-0.15, -0.1) is 0 Å². The van der Waals surface area contributed by atoms with Crippen molar-refractivity contribution < 1.29 is 14.3 Å². The van der Waals surface area contributed by atoms with Crippen molar-refractivity contribution in [1.29, 1.82) is 0 Å². The predicted molar refractivity (Wildman–Crippen MR) is 93.0 cm³/mol. The van der Waals surface area contributed by atoms with Gasteiger partial charge in [-0.05, 0) is 31.5 Å². The molecular formula is C20H23NO3. The number of hydrogen-bond acceptors (Lipinski definition) is 3. The average Bonchev–Trinajstić information content (AvgIpc) is 2.61. The van der Waals surface area contributed by atoms with Crippen molar-refractivity contribution >= 4 is 5.91 Å². The summed E-state index contributed by atoms with van der Waals surface area (Å²) < 4.78 is 11.6. The molecule has 1 saturated heterocycles. The first-order valence-corrected chi connectivity index (χ1v) is 8.29. The van der Waals surface area contributed by atoms with Gasteiger partial charge in [-0.25, -0.2) is 0 Å². The van der Waals surface area contributed by atoms with E-state index in [1.54, 1.807) is 0 Å². The molecule has 1 aliphatic rings. The molecule has 2 unspecified atom stereocenters. The van der Waals surface area contributed by atoms with Crippen LogP contribution in [0.1, 0.15) is 24.2 Å². The van der Waals surface area contributed by atoms with Gasteiger partial charge >= 0.3 is 0 Å². The minimum atomic E-state index is -0.0849. The SMILES string of the molecule is Cc1ccc(OCC(=O)N2CC(C)OC(c3ccccc3)C2)cc1. The number of benzene rings is 2. The van der Waals surface area contributed by atoms with Crippen molar-refractivity contribution in [3.63, 3.8) is 0 Å². The lowest BCUT2D eigenvalue weighted by atomic mass is 10.1. The van der Waals surface area contributed by atoms with E-state index < -0.39 is 0 Å². The molecule has 0 radical (unpaired) electrons. The molecule has 0 bridgehead atoms. The van der Waals surface area contributed by atoms with E-state index in [0.717, 1.165) is 11.3 Å². The number of nitrogens with zero attached hydrogens (tertiary/aromatic N) is 1. The molecule has 0 spiro atoms. The summed E-state index contributed by atoms with van der Waals surface area (Å²) >= 11 is 0. The lowest BCUT2D eigenvalue weighted by Gasteiger charge is -2.37. The molecule has 1 fully saturated rings. The van der Waals surface area contributed by atoms with Crippen LogP contribution in [0.25, 0.3) is 0 Å². The van der Waals surface area contributed by atoms with Crippen LogP contribution in [0.5, 0.6) is 5.75 Å². The summed E-state index contributed by atoms with van der Waals surface area (Å²) in [4.78, 5) is 14.3. The Morgan fingerprint density at radius 3 is 2.54 bits per heavy atom. The van der Waals surface area contributed by atoms with E-state index in [4.69, 9.17) is 9.47 Å². The zero-order chi connectivity index (χ0) is 16.9. The van der Waals surface area contributed by atoms with Crippen molar-refractivity contribution in [3.05, 3.63) is 65.7 Å². The third kappa shape index (κ3) is 4.15. The number of amides is 1. The summed E-state index contributed by atoms with van der Waals surface area (Å²) in [5.74, 6) is 0.710. The van der Waals surface area contributed by atoms with Gasteiger partial charge in [0.15, 0.2) is 6.61 Å². The molecule has 0 saturated carbocycles. The van der Waals surface area contributed by atoms with Gasteiger partial charge in [0.1, 0.15) is 11.9 Å². The first-order chi connectivity index (χ1) is 11.6. The zero-order valence-electron chi connectivity index (χ0n) is 14.1. The van der Waals surface area contributed by atoms with Crippen LogP contribution in [0.2, 0.25) is 0 Å². The highest BCUT2D eigenvalue weighted by Crippen LogP contribution is 2.25. The van der Waals surface area contributed by atoms with Gasteiger partial charge in [-0.3, -0.25) is 4.79 Å². The van der Waals surface area contributed by atoms with Crippen molar-refractivity contribution in [2.75, 3.05) is 19.7 Å². The summed E-state index contributed by atoms with van der Waals surface area (Å²) in [5.41, 5.74) is 2.27. The smallest absolute Gasteiger partial charge is 0.260 e. The maximum Gasteiger partial charge on any atom is 0.260 e. The van der Waals surface area contributed by atoms with Crippen LogP contribution < -0.4 is 4.74 Å². The molecule has 3 rings (SSSR count). The zero-order valence-corrected chi connectivity index (χ0v) is 14.1. The number of ether oxygens (including phenoxy) is 2. The molecule has 126 valence electrons. The van der Waals surface area contributed by atoms with Gasteiger partial charge in [0.05, 0.1) is 12.6 Å². The Kier molecular flexibility index (Phi) is 5.16. The van der Waals surface area contributed by atoms with Crippen LogP contribution in [0.4, 0.5) is 0 Å². The fraction of sp³-hybridized carbons (Fsp3) is 0.350. The summed E-state index contributed by atoms with van der Waals surface area (Å²) in [6.45, 7) is 5.23. The quantitative estimate of drug-likeness (QED) is 0.865. The average molecular weight is 325 g/mol. The highest BCUT2D eigenvalue weighted by molar-refractivity contribution is 5.78. The van der Waals surface area contributed by atoms with Crippen LogP contribution in [0, 0.1) is 6.92 Å². The normalized spacial score (nSPS) is 20.7. The summed E-state index contributed by atoms with van der Waals surface area (Å²) in [5, 5.41) is 0. The van der Waals surface area contributed by atoms with Crippen molar-refractivity contribution in [2.24, 2.45) is 0 Å². The summed E-state index contributed by atoms with van der Waals surface area (Å²) in [7, 11) is 0. The van der Waals surface area contributed by atoms with Gasteiger partial charge in [-0.2, -0.15) is 0 Å². The molecule has 2 atom stereocenters. The van der Waals surface area contributed by atoms with E-state index in [2.05, 4.69) is 0 Å². The molecule has 0 aromatic heterocycles. The number of morpholine rings is 1. The third-order valence-electron chi connectivity index (χ3n) is 4.17. The van der Waals surface area contributed by atoms with Crippen molar-refractivity contribution in [1.82, 2.24) is 4.90 Å². The van der Waals surface area contributed by atoms with Crippen LogP contribution in [-0.2, 0) is 9.53 Å². The third-order valence-corrected chi connectivity index (χ3v) is 4.17. The van der Waals surface area contributed by atoms with E-state index in [-0.39, 0.29) is 24.7 Å². The molecule has 0 aliphatic carbocycles. The van der Waals surface area contributed by atoms with Crippen LogP contribution in [-0.4, -0.2) is 36.6 Å².